The molecule has 1 unspecified atom stereocenters. The van der Waals surface area contributed by atoms with Crippen molar-refractivity contribution in [3.05, 3.63) is 51.7 Å². The summed E-state index contributed by atoms with van der Waals surface area (Å²) < 4.78 is 10.9. The number of thiophene rings is 1. The minimum atomic E-state index is 0.247. The van der Waals surface area contributed by atoms with Crippen molar-refractivity contribution in [3.63, 3.8) is 0 Å². The molecular weight excluding hydrogens is 372 g/mol. The highest BCUT2D eigenvalue weighted by atomic mass is 32.1. The van der Waals surface area contributed by atoms with Crippen LogP contribution in [0.2, 0.25) is 0 Å². The molecule has 7 heteroatoms. The predicted molar refractivity (Wildman–Crippen MR) is 115 cm³/mol. The summed E-state index contributed by atoms with van der Waals surface area (Å²) in [4.78, 5) is 8.19. The van der Waals surface area contributed by atoms with Crippen molar-refractivity contribution in [1.29, 1.82) is 0 Å². The maximum atomic E-state index is 5.54. The van der Waals surface area contributed by atoms with Gasteiger partial charge in [0.15, 0.2) is 5.96 Å². The summed E-state index contributed by atoms with van der Waals surface area (Å²) in [6.07, 6.45) is 0. The van der Waals surface area contributed by atoms with Crippen LogP contribution in [0.1, 0.15) is 22.0 Å². The van der Waals surface area contributed by atoms with Crippen molar-refractivity contribution in [1.82, 2.24) is 15.5 Å². The molecule has 0 bridgehead atoms. The maximum absolute atomic E-state index is 5.54. The molecule has 1 fully saturated rings. The third-order valence-electron chi connectivity index (χ3n) is 5.06. The molecule has 1 saturated heterocycles. The topological polar surface area (TPSA) is 58.1 Å². The highest BCUT2D eigenvalue weighted by molar-refractivity contribution is 7.10. The first kappa shape index (κ1) is 20.6. The largest absolute Gasteiger partial charge is 0.497 e. The van der Waals surface area contributed by atoms with E-state index in [4.69, 9.17) is 9.47 Å². The van der Waals surface area contributed by atoms with E-state index in [0.29, 0.717) is 0 Å². The molecule has 1 aromatic carbocycles. The Morgan fingerprint density at radius 3 is 2.57 bits per heavy atom. The van der Waals surface area contributed by atoms with Crippen LogP contribution in [0, 0.1) is 6.92 Å². The molecule has 3 rings (SSSR count). The summed E-state index contributed by atoms with van der Waals surface area (Å²) in [7, 11) is 3.51. The average molecular weight is 403 g/mol. The molecule has 0 radical (unpaired) electrons. The van der Waals surface area contributed by atoms with Gasteiger partial charge in [0.2, 0.25) is 0 Å². The van der Waals surface area contributed by atoms with Gasteiger partial charge in [0.05, 0.1) is 32.9 Å². The van der Waals surface area contributed by atoms with Gasteiger partial charge in [-0.05, 0) is 41.6 Å². The second-order valence-corrected chi connectivity index (χ2v) is 7.77. The lowest BCUT2D eigenvalue weighted by Crippen LogP contribution is -2.46. The van der Waals surface area contributed by atoms with Crippen molar-refractivity contribution in [2.45, 2.75) is 19.5 Å². The minimum Gasteiger partial charge on any atom is -0.497 e. The second-order valence-electron chi connectivity index (χ2n) is 6.77. The van der Waals surface area contributed by atoms with E-state index in [0.717, 1.165) is 51.1 Å². The zero-order chi connectivity index (χ0) is 19.8. The Bertz CT molecular complexity index is 754. The SMILES string of the molecule is CN=C(NCc1sccc1C)NCC(c1ccc(OC)cc1)N1CCOCC1. The molecule has 152 valence electrons. The fraction of sp³-hybridized carbons (Fsp3) is 0.476. The van der Waals surface area contributed by atoms with E-state index in [9.17, 15) is 0 Å². The fourth-order valence-electron chi connectivity index (χ4n) is 3.34. The molecule has 0 spiro atoms. The van der Waals surface area contributed by atoms with Crippen LogP contribution < -0.4 is 15.4 Å². The summed E-state index contributed by atoms with van der Waals surface area (Å²) in [5.74, 6) is 1.70. The maximum Gasteiger partial charge on any atom is 0.191 e. The summed E-state index contributed by atoms with van der Waals surface area (Å²) in [6.45, 7) is 7.11. The number of benzene rings is 1. The number of ether oxygens (including phenoxy) is 2. The Morgan fingerprint density at radius 1 is 1.21 bits per heavy atom. The number of methoxy groups -OCH3 is 1. The molecule has 2 N–H and O–H groups in total. The highest BCUT2D eigenvalue weighted by Gasteiger charge is 2.23. The number of hydrogen-bond acceptors (Lipinski definition) is 5. The van der Waals surface area contributed by atoms with Gasteiger partial charge in [-0.2, -0.15) is 0 Å². The Hall–Kier alpha value is -2.09. The van der Waals surface area contributed by atoms with Crippen LogP contribution in [0.4, 0.5) is 0 Å². The first-order chi connectivity index (χ1) is 13.7. The number of nitrogens with zero attached hydrogens (tertiary/aromatic N) is 2. The molecule has 0 saturated carbocycles. The highest BCUT2D eigenvalue weighted by Crippen LogP contribution is 2.23. The van der Waals surface area contributed by atoms with Crippen LogP contribution in [0.5, 0.6) is 5.75 Å². The van der Waals surface area contributed by atoms with Crippen molar-refractivity contribution in [2.75, 3.05) is 47.0 Å². The van der Waals surface area contributed by atoms with Crippen molar-refractivity contribution >= 4 is 17.3 Å². The Kier molecular flexibility index (Phi) is 7.71. The van der Waals surface area contributed by atoms with E-state index in [1.54, 1.807) is 18.4 Å². The van der Waals surface area contributed by atoms with Crippen molar-refractivity contribution in [3.8, 4) is 5.75 Å². The lowest BCUT2D eigenvalue weighted by molar-refractivity contribution is 0.0170. The summed E-state index contributed by atoms with van der Waals surface area (Å²) in [5.41, 5.74) is 2.58. The average Bonchev–Trinajstić information content (AvgIpc) is 3.16. The first-order valence-corrected chi connectivity index (χ1v) is 10.5. The molecule has 1 aliphatic rings. The molecule has 2 aromatic rings. The number of nitrogens with one attached hydrogen (secondary N) is 2. The molecule has 28 heavy (non-hydrogen) atoms. The van der Waals surface area contributed by atoms with Crippen LogP contribution in [-0.4, -0.2) is 57.9 Å². The summed E-state index contributed by atoms with van der Waals surface area (Å²) in [5, 5.41) is 9.06. The third kappa shape index (κ3) is 5.47. The van der Waals surface area contributed by atoms with E-state index in [1.165, 1.54) is 16.0 Å². The zero-order valence-corrected chi connectivity index (χ0v) is 17.7. The van der Waals surface area contributed by atoms with Gasteiger partial charge in [0.1, 0.15) is 5.75 Å². The summed E-state index contributed by atoms with van der Waals surface area (Å²) in [6, 6.07) is 10.7. The number of rotatable bonds is 7. The number of morpholine rings is 1. The number of guanidine groups is 1. The van der Waals surface area contributed by atoms with Gasteiger partial charge in [0.25, 0.3) is 0 Å². The van der Waals surface area contributed by atoms with Crippen LogP contribution in [0.25, 0.3) is 0 Å². The van der Waals surface area contributed by atoms with Crippen molar-refractivity contribution in [2.24, 2.45) is 4.99 Å². The quantitative estimate of drug-likeness (QED) is 0.551. The Balaban J connectivity index is 1.64. The van der Waals surface area contributed by atoms with Gasteiger partial charge in [-0.3, -0.25) is 9.89 Å². The summed E-state index contributed by atoms with van der Waals surface area (Å²) >= 11 is 1.77. The van der Waals surface area contributed by atoms with Gasteiger partial charge in [-0.1, -0.05) is 12.1 Å². The zero-order valence-electron chi connectivity index (χ0n) is 16.9. The van der Waals surface area contributed by atoms with Gasteiger partial charge < -0.3 is 20.1 Å². The predicted octanol–water partition coefficient (Wildman–Crippen LogP) is 2.80. The monoisotopic (exact) mass is 402 g/mol. The Morgan fingerprint density at radius 2 is 1.96 bits per heavy atom. The van der Waals surface area contributed by atoms with E-state index in [2.05, 4.69) is 51.0 Å². The lowest BCUT2D eigenvalue weighted by Gasteiger charge is -2.35. The number of hydrogen-bond donors (Lipinski definition) is 2. The van der Waals surface area contributed by atoms with Crippen LogP contribution in [-0.2, 0) is 11.3 Å². The Labute approximate surface area is 171 Å². The van der Waals surface area contributed by atoms with Crippen molar-refractivity contribution < 1.29 is 9.47 Å². The molecule has 1 atom stereocenters. The van der Waals surface area contributed by atoms with Gasteiger partial charge >= 0.3 is 0 Å². The fourth-order valence-corrected chi connectivity index (χ4v) is 4.18. The molecule has 2 heterocycles. The van der Waals surface area contributed by atoms with E-state index in [1.807, 2.05) is 19.2 Å². The third-order valence-corrected chi connectivity index (χ3v) is 6.08. The van der Waals surface area contributed by atoms with Crippen LogP contribution >= 0.6 is 11.3 Å². The molecule has 6 nitrogen and oxygen atoms in total. The molecular formula is C21H30N4O2S. The van der Waals surface area contributed by atoms with E-state index < -0.39 is 0 Å². The molecule has 0 amide bonds. The van der Waals surface area contributed by atoms with Crippen LogP contribution in [0.15, 0.2) is 40.7 Å². The van der Waals surface area contributed by atoms with E-state index in [-0.39, 0.29) is 6.04 Å². The minimum absolute atomic E-state index is 0.247. The van der Waals surface area contributed by atoms with Crippen LogP contribution in [0.3, 0.4) is 0 Å². The smallest absolute Gasteiger partial charge is 0.191 e. The number of aliphatic imine (C=N–C) groups is 1. The van der Waals surface area contributed by atoms with E-state index >= 15 is 0 Å². The molecule has 1 aliphatic heterocycles. The van der Waals surface area contributed by atoms with Gasteiger partial charge in [-0.25, -0.2) is 0 Å². The first-order valence-electron chi connectivity index (χ1n) is 9.64. The lowest BCUT2D eigenvalue weighted by atomic mass is 10.0. The van der Waals surface area contributed by atoms with Gasteiger partial charge in [-0.15, -0.1) is 11.3 Å². The second kappa shape index (κ2) is 10.5. The standard InChI is InChI=1S/C21H30N4O2S/c1-16-8-13-28-20(16)15-24-21(22-2)23-14-19(25-9-11-27-12-10-25)17-4-6-18(26-3)7-5-17/h4-8,13,19H,9-12,14-15H2,1-3H3,(H2,22,23,24). The molecule has 0 aliphatic carbocycles. The molecule has 1 aromatic heterocycles. The number of aryl methyl sites for hydroxylation is 1. The normalized spacial score (nSPS) is 16.6. The van der Waals surface area contributed by atoms with Gasteiger partial charge in [0, 0.05) is 31.6 Å².